The molecule has 0 amide bonds. The van der Waals surface area contributed by atoms with Gasteiger partial charge in [-0.2, -0.15) is 0 Å². The molecular formula is C103H183Cl3O24. The van der Waals surface area contributed by atoms with Crippen LogP contribution in [0.4, 0.5) is 0 Å². The Morgan fingerprint density at radius 3 is 0.938 bits per heavy atom. The van der Waals surface area contributed by atoms with Gasteiger partial charge in [0, 0.05) is 13.0 Å². The Labute approximate surface area is 801 Å². The molecule has 7 fully saturated rings. The Bertz CT molecular complexity index is 3270. The first-order valence-corrected chi connectivity index (χ1v) is 50.9. The zero-order valence-corrected chi connectivity index (χ0v) is 89.6. The fraction of sp³-hybridized carbons (Fsp3) is 0.903. The highest BCUT2D eigenvalue weighted by atomic mass is 35.6. The molecule has 26 atom stereocenters. The Hall–Kier alpha value is -4.59. The average Bonchev–Trinajstić information content (AvgIpc) is 1.66. The van der Waals surface area contributed by atoms with Crippen molar-refractivity contribution in [3.63, 3.8) is 0 Å². The summed E-state index contributed by atoms with van der Waals surface area (Å²) >= 11 is 16.7. The molecule has 0 aromatic rings. The summed E-state index contributed by atoms with van der Waals surface area (Å²) in [6, 6.07) is 0. The third kappa shape index (κ3) is 39.1. The van der Waals surface area contributed by atoms with Crippen LogP contribution in [0.15, 0.2) is 0 Å². The summed E-state index contributed by atoms with van der Waals surface area (Å²) in [4.78, 5) is 122. The van der Waals surface area contributed by atoms with E-state index in [9.17, 15) is 47.9 Å². The second kappa shape index (κ2) is 58.9. The smallest absolute Gasteiger partial charge is 0.340 e. The van der Waals surface area contributed by atoms with Crippen molar-refractivity contribution in [3.8, 4) is 0 Å². The lowest BCUT2D eigenvalue weighted by Gasteiger charge is -2.30. The zero-order valence-electron chi connectivity index (χ0n) is 87.3. The highest BCUT2D eigenvalue weighted by Gasteiger charge is 2.55. The van der Waals surface area contributed by atoms with Gasteiger partial charge < -0.3 is 66.3 Å². The molecule has 0 aromatic carbocycles. The number of carbonyl (C=O) groups is 10. The van der Waals surface area contributed by atoms with Gasteiger partial charge in [0.15, 0.2) is 0 Å². The van der Waals surface area contributed by atoms with Crippen LogP contribution in [-0.2, 0) is 114 Å². The molecular weight excluding hydrogens is 1730 g/mol. The molecule has 7 rings (SSSR count). The molecule has 0 spiro atoms. The van der Waals surface area contributed by atoms with Crippen LogP contribution in [0, 0.1) is 118 Å². The maximum Gasteiger partial charge on any atom is 0.340 e. The topological polar surface area (TPSA) is 300 Å². The van der Waals surface area contributed by atoms with Gasteiger partial charge >= 0.3 is 63.7 Å². The largest absolute Gasteiger partial charge is 0.469 e. The summed E-state index contributed by atoms with van der Waals surface area (Å²) in [5, 5.41) is 0. The molecule has 3 aliphatic heterocycles. The van der Waals surface area contributed by atoms with Gasteiger partial charge in [-0.1, -0.05) is 176 Å². The van der Waals surface area contributed by atoms with Crippen LogP contribution in [0.2, 0.25) is 0 Å². The molecule has 24 nitrogen and oxygen atoms in total. The molecule has 130 heavy (non-hydrogen) atoms. The van der Waals surface area contributed by atoms with Crippen LogP contribution in [0.5, 0.6) is 0 Å². The fourth-order valence-electron chi connectivity index (χ4n) is 20.4. The van der Waals surface area contributed by atoms with E-state index in [-0.39, 0.29) is 166 Å². The third-order valence-electron chi connectivity index (χ3n) is 28.5. The molecule has 26 unspecified atom stereocenters. The van der Waals surface area contributed by atoms with Crippen molar-refractivity contribution in [2.24, 2.45) is 118 Å². The number of rotatable bonds is 33. The fourth-order valence-corrected chi connectivity index (χ4v) is 20.6. The second-order valence-electron chi connectivity index (χ2n) is 40.9. The van der Waals surface area contributed by atoms with Crippen LogP contribution >= 0.6 is 34.8 Å². The number of esters is 10. The van der Waals surface area contributed by atoms with Gasteiger partial charge in [-0.25, -0.2) is 0 Å². The number of ether oxygens (including phenoxy) is 14. The predicted octanol–water partition coefficient (Wildman–Crippen LogP) is 23.6. The highest BCUT2D eigenvalue weighted by molar-refractivity contribution is 6.66. The highest BCUT2D eigenvalue weighted by Crippen LogP contribution is 2.51. The first-order valence-electron chi connectivity index (χ1n) is 49.8. The third-order valence-corrected chi connectivity index (χ3v) is 28.7. The first-order chi connectivity index (χ1) is 60.6. The van der Waals surface area contributed by atoms with E-state index >= 15 is 0 Å². The minimum absolute atomic E-state index is 0.0114. The van der Waals surface area contributed by atoms with Gasteiger partial charge in [0.25, 0.3) is 0 Å². The van der Waals surface area contributed by atoms with Crippen LogP contribution in [0.1, 0.15) is 368 Å². The van der Waals surface area contributed by atoms with E-state index in [1.807, 2.05) is 104 Å². The lowest BCUT2D eigenvalue weighted by molar-refractivity contribution is -0.169. The molecule has 760 valence electrons. The first kappa shape index (κ1) is 123. The van der Waals surface area contributed by atoms with Crippen LogP contribution in [-0.4, -0.2) is 170 Å². The van der Waals surface area contributed by atoms with Crippen molar-refractivity contribution >= 4 is 94.5 Å². The molecule has 0 aromatic heterocycles. The summed E-state index contributed by atoms with van der Waals surface area (Å²) in [6.07, 6.45) is 24.0. The number of alkyl halides is 3. The monoisotopic (exact) mass is 1910 g/mol. The van der Waals surface area contributed by atoms with E-state index in [1.54, 1.807) is 27.9 Å². The predicted molar refractivity (Wildman–Crippen MR) is 512 cm³/mol. The molecule has 0 radical (unpaired) electrons. The van der Waals surface area contributed by atoms with Gasteiger partial charge in [0.2, 0.25) is 0 Å². The quantitative estimate of drug-likeness (QED) is 0.0335. The van der Waals surface area contributed by atoms with Crippen LogP contribution in [0.25, 0.3) is 0 Å². The zero-order chi connectivity index (χ0) is 100. The van der Waals surface area contributed by atoms with Crippen molar-refractivity contribution in [3.05, 3.63) is 0 Å². The summed E-state index contributed by atoms with van der Waals surface area (Å²) in [6.45, 7) is 60.7. The van der Waals surface area contributed by atoms with E-state index < -0.39 is 38.6 Å². The maximum absolute atomic E-state index is 12.6. The van der Waals surface area contributed by atoms with E-state index in [0.29, 0.717) is 54.8 Å². The van der Waals surface area contributed by atoms with Crippen molar-refractivity contribution in [2.75, 3.05) is 42.2 Å². The van der Waals surface area contributed by atoms with Crippen LogP contribution < -0.4 is 0 Å². The van der Waals surface area contributed by atoms with Gasteiger partial charge in [-0.3, -0.25) is 47.9 Å². The van der Waals surface area contributed by atoms with E-state index in [4.69, 9.17) is 101 Å². The standard InChI is InChI=1S/C17H32O3.C16H25Cl3O4.C16H28O4.C15H28O3.C13H22O4.2C13H24O3/c1-7-13-11-14(15(8-2)19-13)12(5)16(18)20-17(6,9-3)10-4;1-6-9-8-10(7-2)12(14(21)23-16(17,18)19)11(9)13(20)22-15(3,4)5;1-7-10-9-11(8-2)13(12(10)14(17)19-6)15(18)20-16(3,4)5;1-6-12-9-11(13(7-2)17-12)10-14(16)18-15(4,5)8-3;1-5-8-7-9(6-2)11(13(15)17-4)10(8)12(14)16-3;1-6-9-8-10(11(7-2)15-9)12(14)16-13(3,4)5;1-5-9-7-10(6-2)12(13(14)16-4)11(9)8-15-3/h12-15H,7-11H2,1-6H3;9-12H,6-8H2,1-5H3;10-13H,7-9H2,1-6H3;11-13H,6-10H2,1-5H3;8-11H,5-7H2,1-4H3;9-11H,6-8H2,1-5H3;9-12H,5-8H2,1-4H3. The molecule has 0 bridgehead atoms. The van der Waals surface area contributed by atoms with Gasteiger partial charge in [0.05, 0.1) is 131 Å². The number of hydrogen-bond donors (Lipinski definition) is 0. The number of halogens is 3. The summed E-state index contributed by atoms with van der Waals surface area (Å²) in [5.41, 5.74) is -2.22. The minimum atomic E-state index is -2.13. The number of hydrogen-bond acceptors (Lipinski definition) is 24. The van der Waals surface area contributed by atoms with Crippen molar-refractivity contribution in [1.82, 2.24) is 0 Å². The van der Waals surface area contributed by atoms with Crippen molar-refractivity contribution in [2.45, 2.75) is 437 Å². The summed E-state index contributed by atoms with van der Waals surface area (Å²) < 4.78 is 73.1. The number of carbonyl (C=O) groups excluding carboxylic acids is 10. The SMILES string of the molecule is CCC1CC(C(=O)OC(C)(C)C)C(CC)O1.CCC1CC(C(C)C(=O)OC(C)(CC)CC)C(CC)O1.CCC1CC(CC(=O)OC(C)(C)CC)C(CC)O1.CCC1CC(CC)C(C(=O)OC(C)(C)C)C1C(=O)OC.CCC1CC(CC)C(C(=O)OC(Cl)(Cl)Cl)C1C(=O)OC(C)(C)C.CCC1CC(CC)C(C(=O)OC)C1C(=O)OC.CCC1CC(CC)C(C(=O)OC)C1COC. The lowest BCUT2D eigenvalue weighted by Crippen LogP contribution is -2.38. The van der Waals surface area contributed by atoms with E-state index in [0.717, 1.165) is 154 Å². The second-order valence-corrected chi connectivity index (χ2v) is 43.1. The van der Waals surface area contributed by atoms with E-state index in [2.05, 4.69) is 83.1 Å². The molecule has 7 aliphatic rings. The van der Waals surface area contributed by atoms with E-state index in [1.165, 1.54) is 28.4 Å². The number of methoxy groups -OCH3 is 5. The minimum Gasteiger partial charge on any atom is -0.469 e. The molecule has 0 N–H and O–H groups in total. The van der Waals surface area contributed by atoms with Gasteiger partial charge in [-0.15, -0.1) is 0 Å². The Morgan fingerprint density at radius 2 is 0.623 bits per heavy atom. The van der Waals surface area contributed by atoms with Gasteiger partial charge in [-0.05, 0) is 280 Å². The normalized spacial score (nSPS) is 30.1. The lowest BCUT2D eigenvalue weighted by atomic mass is 9.85. The Balaban J connectivity index is 0.000000761. The average molecular weight is 1910 g/mol. The summed E-state index contributed by atoms with van der Waals surface area (Å²) in [7, 11) is 7.34. The van der Waals surface area contributed by atoms with Crippen molar-refractivity contribution in [1.29, 1.82) is 0 Å². The van der Waals surface area contributed by atoms with Crippen molar-refractivity contribution < 1.29 is 114 Å². The maximum atomic E-state index is 12.6. The van der Waals surface area contributed by atoms with Gasteiger partial charge in [0.1, 0.15) is 28.0 Å². The van der Waals surface area contributed by atoms with Crippen LogP contribution in [0.3, 0.4) is 0 Å². The molecule has 3 heterocycles. The Morgan fingerprint density at radius 1 is 0.315 bits per heavy atom. The summed E-state index contributed by atoms with van der Waals surface area (Å²) in [5.74, 6) is -2.09. The molecule has 27 heteroatoms. The Kier molecular flexibility index (Phi) is 55.9. The molecule has 4 aliphatic carbocycles. The molecule has 3 saturated heterocycles. The molecule has 4 saturated carbocycles.